The Hall–Kier alpha value is -1.10. The maximum Gasteiger partial charge on any atom is 0.124 e. The first kappa shape index (κ1) is 12.0. The van der Waals surface area contributed by atoms with Crippen LogP contribution in [0.5, 0.6) is 5.75 Å². The Morgan fingerprint density at radius 3 is 2.78 bits per heavy atom. The fraction of sp³-hybridized carbons (Fsp3) is 0.571. The van der Waals surface area contributed by atoms with Gasteiger partial charge < -0.3 is 4.74 Å². The van der Waals surface area contributed by atoms with Gasteiger partial charge in [-0.2, -0.15) is 0 Å². The summed E-state index contributed by atoms with van der Waals surface area (Å²) in [6.45, 7) is 7.29. The van der Waals surface area contributed by atoms with Crippen molar-refractivity contribution in [2.45, 2.75) is 38.5 Å². The third kappa shape index (κ3) is 2.11. The smallest absolute Gasteiger partial charge is 0.124 e. The lowest BCUT2D eigenvalue weighted by atomic mass is 9.90. The third-order valence-electron chi connectivity index (χ3n) is 3.52. The van der Waals surface area contributed by atoms with E-state index in [1.165, 1.54) is 5.56 Å². The Kier molecular flexibility index (Phi) is 2.81. The Bertz CT molecular complexity index is 441. The molecule has 18 heavy (non-hydrogen) atoms. The van der Waals surface area contributed by atoms with E-state index >= 15 is 0 Å². The number of hydrazine groups is 1. The van der Waals surface area contributed by atoms with Gasteiger partial charge in [0.25, 0.3) is 0 Å². The van der Waals surface area contributed by atoms with Crippen LogP contribution in [0.3, 0.4) is 0 Å². The van der Waals surface area contributed by atoms with E-state index in [-0.39, 0.29) is 11.7 Å². The lowest BCUT2D eigenvalue weighted by Gasteiger charge is -2.33. The van der Waals surface area contributed by atoms with E-state index in [0.717, 1.165) is 12.4 Å². The summed E-state index contributed by atoms with van der Waals surface area (Å²) in [5, 5.41) is 3.59. The summed E-state index contributed by atoms with van der Waals surface area (Å²) in [5.41, 5.74) is 8.09. The second kappa shape index (κ2) is 4.23. The average Bonchev–Trinajstić information content (AvgIpc) is 2.71. The van der Waals surface area contributed by atoms with Gasteiger partial charge in [-0.1, -0.05) is 18.2 Å². The van der Waals surface area contributed by atoms with Crippen molar-refractivity contribution in [2.24, 2.45) is 5.92 Å². The van der Waals surface area contributed by atoms with Gasteiger partial charge in [0.1, 0.15) is 5.75 Å². The predicted molar refractivity (Wildman–Crippen MR) is 71.1 cm³/mol. The van der Waals surface area contributed by atoms with E-state index in [9.17, 15) is 0 Å². The zero-order chi connectivity index (χ0) is 12.8. The second-order valence-corrected chi connectivity index (χ2v) is 6.15. The van der Waals surface area contributed by atoms with Crippen LogP contribution < -0.4 is 20.9 Å². The van der Waals surface area contributed by atoms with Crippen molar-refractivity contribution in [3.8, 4) is 5.75 Å². The highest BCUT2D eigenvalue weighted by molar-refractivity contribution is 5.38. The highest BCUT2D eigenvalue weighted by atomic mass is 16.5. The number of ether oxygens (including phenoxy) is 1. The minimum atomic E-state index is 0.0885. The van der Waals surface area contributed by atoms with E-state index < -0.39 is 0 Å². The summed E-state index contributed by atoms with van der Waals surface area (Å²) < 4.78 is 5.86. The summed E-state index contributed by atoms with van der Waals surface area (Å²) in [6.07, 6.45) is 0.239. The third-order valence-corrected chi connectivity index (χ3v) is 3.52. The Labute approximate surface area is 108 Å². The van der Waals surface area contributed by atoms with Gasteiger partial charge in [0.15, 0.2) is 0 Å². The molecule has 3 atom stereocenters. The molecule has 4 heteroatoms. The molecule has 2 aliphatic rings. The van der Waals surface area contributed by atoms with Gasteiger partial charge in [0.05, 0.1) is 18.8 Å². The molecule has 4 nitrogen and oxygen atoms in total. The molecule has 98 valence electrons. The summed E-state index contributed by atoms with van der Waals surface area (Å²) in [7, 11) is 0. The number of benzene rings is 1. The molecule has 1 fully saturated rings. The molecule has 0 aromatic heterocycles. The standard InChI is InChI=1S/C14H21N3O/c1-14(2,3)15-13-10-8-18-11-7-5-4-6-9(11)12(10)16-17-13/h4-7,10,12-13,15-17H,8H2,1-3H3. The minimum Gasteiger partial charge on any atom is -0.493 e. The van der Waals surface area contributed by atoms with Crippen molar-refractivity contribution >= 4 is 0 Å². The lowest BCUT2D eigenvalue weighted by molar-refractivity contribution is 0.168. The highest BCUT2D eigenvalue weighted by Crippen LogP contribution is 2.38. The molecule has 2 heterocycles. The van der Waals surface area contributed by atoms with E-state index in [4.69, 9.17) is 4.74 Å². The number of nitrogens with one attached hydrogen (secondary N) is 3. The molecule has 0 radical (unpaired) electrons. The second-order valence-electron chi connectivity index (χ2n) is 6.15. The van der Waals surface area contributed by atoms with Gasteiger partial charge in [0.2, 0.25) is 0 Å². The monoisotopic (exact) mass is 247 g/mol. The van der Waals surface area contributed by atoms with Crippen LogP contribution in [0, 0.1) is 5.92 Å². The highest BCUT2D eigenvalue weighted by Gasteiger charge is 2.42. The Balaban J connectivity index is 1.82. The van der Waals surface area contributed by atoms with Crippen molar-refractivity contribution < 1.29 is 4.74 Å². The zero-order valence-electron chi connectivity index (χ0n) is 11.2. The summed E-state index contributed by atoms with van der Waals surface area (Å²) in [5.74, 6) is 1.42. The molecule has 3 rings (SSSR count). The molecule has 0 bridgehead atoms. The van der Waals surface area contributed by atoms with Crippen LogP contribution in [0.15, 0.2) is 24.3 Å². The van der Waals surface area contributed by atoms with Crippen LogP contribution in [0.2, 0.25) is 0 Å². The molecule has 3 N–H and O–H groups in total. The fourth-order valence-corrected chi connectivity index (χ4v) is 2.75. The number of hydrogen-bond acceptors (Lipinski definition) is 4. The normalized spacial score (nSPS) is 30.5. The average molecular weight is 247 g/mol. The lowest BCUT2D eigenvalue weighted by Crippen LogP contribution is -2.53. The van der Waals surface area contributed by atoms with Gasteiger partial charge in [-0.3, -0.25) is 5.32 Å². The first-order valence-electron chi connectivity index (χ1n) is 6.55. The largest absolute Gasteiger partial charge is 0.493 e. The topological polar surface area (TPSA) is 45.3 Å². The first-order chi connectivity index (χ1) is 8.54. The molecule has 1 aromatic rings. The molecule has 1 saturated heterocycles. The quantitative estimate of drug-likeness (QED) is 0.705. The molecular formula is C14H21N3O. The van der Waals surface area contributed by atoms with Crippen LogP contribution >= 0.6 is 0 Å². The van der Waals surface area contributed by atoms with Gasteiger partial charge in [-0.15, -0.1) is 0 Å². The Morgan fingerprint density at radius 2 is 2.00 bits per heavy atom. The van der Waals surface area contributed by atoms with Crippen molar-refractivity contribution in [3.05, 3.63) is 29.8 Å². The summed E-state index contributed by atoms with van der Waals surface area (Å²) >= 11 is 0. The molecule has 0 saturated carbocycles. The van der Waals surface area contributed by atoms with Gasteiger partial charge >= 0.3 is 0 Å². The van der Waals surface area contributed by atoms with Crippen LogP contribution in [-0.2, 0) is 0 Å². The fourth-order valence-electron chi connectivity index (χ4n) is 2.75. The number of fused-ring (bicyclic) bond motifs is 3. The maximum atomic E-state index is 5.86. The molecule has 2 aliphatic heterocycles. The van der Waals surface area contributed by atoms with E-state index in [1.807, 2.05) is 12.1 Å². The number of para-hydroxylation sites is 1. The molecule has 0 aliphatic carbocycles. The van der Waals surface area contributed by atoms with Crippen LogP contribution in [0.1, 0.15) is 32.4 Å². The molecular weight excluding hydrogens is 226 g/mol. The zero-order valence-corrected chi connectivity index (χ0v) is 11.2. The predicted octanol–water partition coefficient (Wildman–Crippen LogP) is 1.56. The van der Waals surface area contributed by atoms with Gasteiger partial charge in [-0.05, 0) is 26.8 Å². The van der Waals surface area contributed by atoms with E-state index in [0.29, 0.717) is 12.0 Å². The van der Waals surface area contributed by atoms with Crippen LogP contribution in [0.4, 0.5) is 0 Å². The van der Waals surface area contributed by atoms with E-state index in [2.05, 4.69) is 49.1 Å². The molecule has 0 spiro atoms. The van der Waals surface area contributed by atoms with Crippen LogP contribution in [-0.4, -0.2) is 18.3 Å². The number of hydrogen-bond donors (Lipinski definition) is 3. The van der Waals surface area contributed by atoms with Gasteiger partial charge in [-0.25, -0.2) is 10.9 Å². The molecule has 3 unspecified atom stereocenters. The summed E-state index contributed by atoms with van der Waals surface area (Å²) in [4.78, 5) is 0. The first-order valence-corrected chi connectivity index (χ1v) is 6.55. The van der Waals surface area contributed by atoms with Crippen molar-refractivity contribution in [3.63, 3.8) is 0 Å². The summed E-state index contributed by atoms with van der Waals surface area (Å²) in [6, 6.07) is 8.59. The Morgan fingerprint density at radius 1 is 1.22 bits per heavy atom. The molecule has 1 aromatic carbocycles. The van der Waals surface area contributed by atoms with Crippen molar-refractivity contribution in [2.75, 3.05) is 6.61 Å². The van der Waals surface area contributed by atoms with Crippen molar-refractivity contribution in [1.82, 2.24) is 16.2 Å². The minimum absolute atomic E-state index is 0.0885. The SMILES string of the molecule is CC(C)(C)NC1NNC2c3ccccc3OCC12. The number of rotatable bonds is 1. The van der Waals surface area contributed by atoms with Gasteiger partial charge in [0, 0.05) is 17.0 Å². The van der Waals surface area contributed by atoms with Crippen molar-refractivity contribution in [1.29, 1.82) is 0 Å². The maximum absolute atomic E-state index is 5.86. The van der Waals surface area contributed by atoms with Crippen LogP contribution in [0.25, 0.3) is 0 Å². The molecule has 0 amide bonds. The van der Waals surface area contributed by atoms with E-state index in [1.54, 1.807) is 0 Å².